The maximum atomic E-state index is 8.85. The second-order valence-corrected chi connectivity index (χ2v) is 2.84. The molecule has 0 aromatic carbocycles. The van der Waals surface area contributed by atoms with Gasteiger partial charge >= 0.3 is 0 Å². The molecule has 1 fully saturated rings. The van der Waals surface area contributed by atoms with Crippen LogP contribution < -0.4 is 5.73 Å². The minimum absolute atomic E-state index is 0.0324. The van der Waals surface area contributed by atoms with Crippen molar-refractivity contribution < 1.29 is 5.11 Å². The highest BCUT2D eigenvalue weighted by atomic mass is 32.2. The summed E-state index contributed by atoms with van der Waals surface area (Å²) in [5.74, 6) is 1.74. The Morgan fingerprint density at radius 2 is 2.29 bits per heavy atom. The van der Waals surface area contributed by atoms with E-state index in [0.717, 1.165) is 11.5 Å². The van der Waals surface area contributed by atoms with E-state index in [1.165, 1.54) is 0 Å². The molecule has 1 saturated heterocycles. The van der Waals surface area contributed by atoms with Crippen molar-refractivity contribution in [3.63, 3.8) is 0 Å². The van der Waals surface area contributed by atoms with Gasteiger partial charge in [0.05, 0.1) is 6.10 Å². The van der Waals surface area contributed by atoms with E-state index in [2.05, 4.69) is 0 Å². The summed E-state index contributed by atoms with van der Waals surface area (Å²) in [5.41, 5.74) is 5.41. The van der Waals surface area contributed by atoms with Gasteiger partial charge in [0.1, 0.15) is 0 Å². The molecule has 0 aromatic heterocycles. The van der Waals surface area contributed by atoms with Crippen LogP contribution in [0.1, 0.15) is 0 Å². The van der Waals surface area contributed by atoms with E-state index in [1.54, 1.807) is 11.8 Å². The first-order chi connectivity index (χ1) is 3.30. The third-order valence-electron chi connectivity index (χ3n) is 1.09. The molecule has 0 aromatic rings. The minimum Gasteiger partial charge on any atom is -0.391 e. The first kappa shape index (κ1) is 5.41. The molecule has 1 aliphatic rings. The summed E-state index contributed by atoms with van der Waals surface area (Å²) in [6.07, 6.45) is -0.245. The van der Waals surface area contributed by atoms with Crippen molar-refractivity contribution >= 4 is 11.8 Å². The molecule has 0 bridgehead atoms. The fourth-order valence-corrected chi connectivity index (χ4v) is 1.68. The fourth-order valence-electron chi connectivity index (χ4n) is 0.560. The second kappa shape index (κ2) is 2.03. The van der Waals surface area contributed by atoms with Gasteiger partial charge in [0.15, 0.2) is 0 Å². The van der Waals surface area contributed by atoms with Crippen LogP contribution in [0.4, 0.5) is 0 Å². The summed E-state index contributed by atoms with van der Waals surface area (Å²) in [7, 11) is 0. The van der Waals surface area contributed by atoms with Crippen molar-refractivity contribution in [2.75, 3.05) is 11.5 Å². The van der Waals surface area contributed by atoms with E-state index in [-0.39, 0.29) is 12.1 Å². The van der Waals surface area contributed by atoms with Crippen molar-refractivity contribution in [2.24, 2.45) is 5.73 Å². The van der Waals surface area contributed by atoms with Gasteiger partial charge in [0.25, 0.3) is 0 Å². The van der Waals surface area contributed by atoms with Gasteiger partial charge in [-0.25, -0.2) is 0 Å². The average molecular weight is 119 g/mol. The Morgan fingerprint density at radius 3 is 2.43 bits per heavy atom. The summed E-state index contributed by atoms with van der Waals surface area (Å²) < 4.78 is 0. The molecule has 42 valence electrons. The second-order valence-electron chi connectivity index (χ2n) is 1.77. The van der Waals surface area contributed by atoms with Crippen molar-refractivity contribution in [2.45, 2.75) is 12.1 Å². The Hall–Kier alpha value is 0.270. The zero-order chi connectivity index (χ0) is 5.28. The molecule has 7 heavy (non-hydrogen) atoms. The first-order valence-electron chi connectivity index (χ1n) is 2.32. The zero-order valence-corrected chi connectivity index (χ0v) is 4.82. The normalized spacial score (nSPS) is 42.0. The molecule has 3 N–H and O–H groups in total. The van der Waals surface area contributed by atoms with Crippen LogP contribution in [-0.4, -0.2) is 28.8 Å². The Morgan fingerprint density at radius 1 is 1.57 bits per heavy atom. The van der Waals surface area contributed by atoms with Crippen LogP contribution in [0.2, 0.25) is 0 Å². The highest BCUT2D eigenvalue weighted by molar-refractivity contribution is 7.99. The third-order valence-corrected chi connectivity index (χ3v) is 2.29. The van der Waals surface area contributed by atoms with Crippen LogP contribution in [0.5, 0.6) is 0 Å². The van der Waals surface area contributed by atoms with Crippen molar-refractivity contribution in [1.82, 2.24) is 0 Å². The van der Waals surface area contributed by atoms with Gasteiger partial charge in [-0.2, -0.15) is 11.8 Å². The number of nitrogens with two attached hydrogens (primary N) is 1. The van der Waals surface area contributed by atoms with E-state index in [0.29, 0.717) is 0 Å². The lowest BCUT2D eigenvalue weighted by Crippen LogP contribution is -2.32. The van der Waals surface area contributed by atoms with Gasteiger partial charge in [0.2, 0.25) is 0 Å². The Kier molecular flexibility index (Phi) is 1.57. The monoisotopic (exact) mass is 119 g/mol. The number of aliphatic hydroxyl groups excluding tert-OH is 1. The maximum Gasteiger partial charge on any atom is 0.0789 e. The number of aliphatic hydroxyl groups is 1. The standard InChI is InChI=1S/C4H9NOS/c5-3-1-7-2-4(3)6/h3-4,6H,1-2,5H2/t3-,4-/m1/s1. The molecule has 3 heteroatoms. The topological polar surface area (TPSA) is 46.2 Å². The summed E-state index contributed by atoms with van der Waals surface area (Å²) >= 11 is 1.72. The first-order valence-corrected chi connectivity index (χ1v) is 3.47. The highest BCUT2D eigenvalue weighted by Crippen LogP contribution is 2.15. The Labute approximate surface area is 47.1 Å². The molecule has 1 aliphatic heterocycles. The number of rotatable bonds is 0. The van der Waals surface area contributed by atoms with Gasteiger partial charge in [0, 0.05) is 17.5 Å². The predicted molar refractivity (Wildman–Crippen MR) is 31.3 cm³/mol. The smallest absolute Gasteiger partial charge is 0.0789 e. The fraction of sp³-hybridized carbons (Fsp3) is 1.00. The zero-order valence-electron chi connectivity index (χ0n) is 4.00. The lowest BCUT2D eigenvalue weighted by Gasteiger charge is -2.03. The van der Waals surface area contributed by atoms with Crippen molar-refractivity contribution in [3.8, 4) is 0 Å². The molecular formula is C4H9NOS. The SMILES string of the molecule is N[C@@H]1CSC[C@H]1O. The van der Waals surface area contributed by atoms with Crippen LogP contribution in [0, 0.1) is 0 Å². The number of hydrogen-bond acceptors (Lipinski definition) is 3. The third kappa shape index (κ3) is 1.08. The summed E-state index contributed by atoms with van der Waals surface area (Å²) in [4.78, 5) is 0. The van der Waals surface area contributed by atoms with Crippen LogP contribution >= 0.6 is 11.8 Å². The van der Waals surface area contributed by atoms with Crippen LogP contribution in [-0.2, 0) is 0 Å². The lowest BCUT2D eigenvalue weighted by atomic mass is 10.2. The van der Waals surface area contributed by atoms with E-state index >= 15 is 0 Å². The number of hydrogen-bond donors (Lipinski definition) is 2. The minimum atomic E-state index is -0.245. The van der Waals surface area contributed by atoms with Crippen molar-refractivity contribution in [3.05, 3.63) is 0 Å². The quantitative estimate of drug-likeness (QED) is 0.448. The molecule has 1 heterocycles. The van der Waals surface area contributed by atoms with Crippen molar-refractivity contribution in [1.29, 1.82) is 0 Å². The van der Waals surface area contributed by atoms with Crippen LogP contribution in [0.15, 0.2) is 0 Å². The number of thioether (sulfide) groups is 1. The van der Waals surface area contributed by atoms with E-state index in [4.69, 9.17) is 10.8 Å². The average Bonchev–Trinajstić information content (AvgIpc) is 1.91. The van der Waals surface area contributed by atoms with Crippen LogP contribution in [0.3, 0.4) is 0 Å². The van der Waals surface area contributed by atoms with E-state index in [1.807, 2.05) is 0 Å². The van der Waals surface area contributed by atoms with E-state index in [9.17, 15) is 0 Å². The Bertz CT molecular complexity index is 60.7. The summed E-state index contributed by atoms with van der Waals surface area (Å²) in [6, 6.07) is 0.0324. The summed E-state index contributed by atoms with van der Waals surface area (Å²) in [5, 5.41) is 8.85. The Balaban J connectivity index is 2.33. The molecule has 0 radical (unpaired) electrons. The predicted octanol–water partition coefficient (Wildman–Crippen LogP) is -0.579. The van der Waals surface area contributed by atoms with Gasteiger partial charge in [-0.1, -0.05) is 0 Å². The van der Waals surface area contributed by atoms with Gasteiger partial charge in [-0.15, -0.1) is 0 Å². The molecule has 2 nitrogen and oxygen atoms in total. The molecule has 2 atom stereocenters. The van der Waals surface area contributed by atoms with Gasteiger partial charge in [-0.3, -0.25) is 0 Å². The van der Waals surface area contributed by atoms with Gasteiger partial charge in [-0.05, 0) is 0 Å². The lowest BCUT2D eigenvalue weighted by molar-refractivity contribution is 0.183. The largest absolute Gasteiger partial charge is 0.391 e. The molecule has 0 spiro atoms. The molecule has 0 aliphatic carbocycles. The molecule has 0 unspecified atom stereocenters. The van der Waals surface area contributed by atoms with Gasteiger partial charge < -0.3 is 10.8 Å². The molecule has 0 amide bonds. The molecule has 1 rings (SSSR count). The molecular weight excluding hydrogens is 110 g/mol. The van der Waals surface area contributed by atoms with E-state index < -0.39 is 0 Å². The maximum absolute atomic E-state index is 8.85. The summed E-state index contributed by atoms with van der Waals surface area (Å²) in [6.45, 7) is 0. The highest BCUT2D eigenvalue weighted by Gasteiger charge is 2.20. The van der Waals surface area contributed by atoms with Crippen LogP contribution in [0.25, 0.3) is 0 Å². The molecule has 0 saturated carbocycles.